The van der Waals surface area contributed by atoms with Gasteiger partial charge in [0.1, 0.15) is 5.82 Å². The van der Waals surface area contributed by atoms with E-state index in [2.05, 4.69) is 30.9 Å². The lowest BCUT2D eigenvalue weighted by atomic mass is 9.75. The van der Waals surface area contributed by atoms with Gasteiger partial charge in [0.05, 0.1) is 0 Å². The third-order valence-electron chi connectivity index (χ3n) is 5.11. The summed E-state index contributed by atoms with van der Waals surface area (Å²) in [4.78, 5) is 4.61. The smallest absolute Gasteiger partial charge is 0.126 e. The largest absolute Gasteiger partial charge is 0.329 e. The van der Waals surface area contributed by atoms with Crippen LogP contribution in [0.5, 0.6) is 0 Å². The van der Waals surface area contributed by atoms with Crippen LogP contribution in [0.3, 0.4) is 0 Å². The highest BCUT2D eigenvalue weighted by molar-refractivity contribution is 5.26. The topological polar surface area (TPSA) is 32.5 Å². The normalized spacial score (nSPS) is 18.9. The van der Waals surface area contributed by atoms with Gasteiger partial charge >= 0.3 is 0 Å². The quantitative estimate of drug-likeness (QED) is 0.875. The van der Waals surface area contributed by atoms with Gasteiger partial charge in [0.2, 0.25) is 0 Å². The Morgan fingerprint density at radius 2 is 1.95 bits per heavy atom. The molecule has 0 aromatic heterocycles. The van der Waals surface area contributed by atoms with Gasteiger partial charge in [0.25, 0.3) is 0 Å². The molecule has 0 heterocycles. The van der Waals surface area contributed by atoms with Crippen LogP contribution >= 0.6 is 0 Å². The Morgan fingerprint density at radius 1 is 1.29 bits per heavy atom. The molecule has 4 heteroatoms. The summed E-state index contributed by atoms with van der Waals surface area (Å²) in [6, 6.07) is 5.53. The second kappa shape index (κ2) is 6.42. The zero-order valence-corrected chi connectivity index (χ0v) is 13.7. The molecule has 21 heavy (non-hydrogen) atoms. The van der Waals surface area contributed by atoms with Crippen molar-refractivity contribution in [2.24, 2.45) is 5.73 Å². The van der Waals surface area contributed by atoms with Crippen molar-refractivity contribution >= 4 is 0 Å². The van der Waals surface area contributed by atoms with E-state index in [9.17, 15) is 4.39 Å². The Morgan fingerprint density at radius 3 is 2.38 bits per heavy atom. The van der Waals surface area contributed by atoms with Crippen molar-refractivity contribution in [1.29, 1.82) is 0 Å². The van der Waals surface area contributed by atoms with Crippen molar-refractivity contribution < 1.29 is 4.39 Å². The van der Waals surface area contributed by atoms with Crippen LogP contribution in [0.2, 0.25) is 0 Å². The number of rotatable bonds is 6. The number of likely N-dealkylation sites (N-methyl/N-ethyl adjacent to an activating group) is 2. The molecule has 0 saturated heterocycles. The summed E-state index contributed by atoms with van der Waals surface area (Å²) in [6.45, 7) is 3.26. The van der Waals surface area contributed by atoms with Crippen LogP contribution in [0.15, 0.2) is 18.2 Å². The second-order valence-electron chi connectivity index (χ2n) is 6.65. The van der Waals surface area contributed by atoms with Gasteiger partial charge in [-0.05, 0) is 64.5 Å². The number of hydrogen-bond donors (Lipinski definition) is 1. The first-order valence-electron chi connectivity index (χ1n) is 7.73. The van der Waals surface area contributed by atoms with E-state index in [1.807, 2.05) is 12.1 Å². The minimum atomic E-state index is -0.148. The molecule has 0 amide bonds. The van der Waals surface area contributed by atoms with E-state index < -0.39 is 0 Å². The van der Waals surface area contributed by atoms with Crippen molar-refractivity contribution in [1.82, 2.24) is 9.80 Å². The summed E-state index contributed by atoms with van der Waals surface area (Å²) in [5, 5.41) is 0. The van der Waals surface area contributed by atoms with Crippen molar-refractivity contribution in [3.05, 3.63) is 35.1 Å². The predicted molar refractivity (Wildman–Crippen MR) is 85.8 cm³/mol. The van der Waals surface area contributed by atoms with Crippen LogP contribution in [0.1, 0.15) is 36.4 Å². The molecular weight excluding hydrogens is 265 g/mol. The van der Waals surface area contributed by atoms with E-state index in [0.717, 1.165) is 12.1 Å². The highest BCUT2D eigenvalue weighted by Crippen LogP contribution is 2.38. The van der Waals surface area contributed by atoms with E-state index in [-0.39, 0.29) is 17.4 Å². The van der Waals surface area contributed by atoms with Crippen LogP contribution in [-0.4, -0.2) is 49.6 Å². The number of nitrogens with two attached hydrogens (primary N) is 1. The molecule has 1 aromatic carbocycles. The van der Waals surface area contributed by atoms with E-state index in [1.165, 1.54) is 19.3 Å². The van der Waals surface area contributed by atoms with E-state index in [0.29, 0.717) is 12.1 Å². The van der Waals surface area contributed by atoms with E-state index >= 15 is 0 Å². The van der Waals surface area contributed by atoms with E-state index in [1.54, 1.807) is 13.0 Å². The van der Waals surface area contributed by atoms with Crippen LogP contribution in [-0.2, 0) is 0 Å². The van der Waals surface area contributed by atoms with Crippen molar-refractivity contribution in [2.45, 2.75) is 37.8 Å². The molecule has 0 aliphatic heterocycles. The second-order valence-corrected chi connectivity index (χ2v) is 6.65. The van der Waals surface area contributed by atoms with Gasteiger partial charge in [0.15, 0.2) is 0 Å². The summed E-state index contributed by atoms with van der Waals surface area (Å²) >= 11 is 0. The van der Waals surface area contributed by atoms with Gasteiger partial charge in [0, 0.05) is 24.7 Å². The van der Waals surface area contributed by atoms with Crippen LogP contribution < -0.4 is 5.73 Å². The molecule has 0 radical (unpaired) electrons. The summed E-state index contributed by atoms with van der Waals surface area (Å²) < 4.78 is 13.8. The Labute approximate surface area is 127 Å². The molecule has 1 unspecified atom stereocenters. The van der Waals surface area contributed by atoms with Gasteiger partial charge in [-0.3, -0.25) is 4.90 Å². The van der Waals surface area contributed by atoms with Gasteiger partial charge in [-0.2, -0.15) is 0 Å². The third-order valence-corrected chi connectivity index (χ3v) is 5.11. The number of aryl methyl sites for hydroxylation is 1. The van der Waals surface area contributed by atoms with Crippen molar-refractivity contribution in [3.63, 3.8) is 0 Å². The number of halogens is 1. The fourth-order valence-corrected chi connectivity index (χ4v) is 3.29. The highest BCUT2D eigenvalue weighted by Gasteiger charge is 2.40. The molecule has 1 atom stereocenters. The van der Waals surface area contributed by atoms with Crippen LogP contribution in [0.25, 0.3) is 0 Å². The fourth-order valence-electron chi connectivity index (χ4n) is 3.29. The van der Waals surface area contributed by atoms with Crippen LogP contribution in [0, 0.1) is 12.7 Å². The first kappa shape index (κ1) is 16.4. The monoisotopic (exact) mass is 293 g/mol. The summed E-state index contributed by atoms with van der Waals surface area (Å²) in [5.41, 5.74) is 7.88. The molecule has 1 saturated carbocycles. The molecular formula is C17H28FN3. The molecule has 1 aromatic rings. The molecule has 1 aliphatic rings. The SMILES string of the molecule is Cc1ccc(C(CN)N(C)CC2(N(C)C)CCC2)cc1F. The van der Waals surface area contributed by atoms with Gasteiger partial charge in [-0.15, -0.1) is 0 Å². The zero-order valence-electron chi connectivity index (χ0n) is 13.7. The average molecular weight is 293 g/mol. The molecule has 1 aliphatic carbocycles. The highest BCUT2D eigenvalue weighted by atomic mass is 19.1. The minimum Gasteiger partial charge on any atom is -0.329 e. The van der Waals surface area contributed by atoms with E-state index in [4.69, 9.17) is 5.73 Å². The molecule has 3 nitrogen and oxygen atoms in total. The molecule has 1 fully saturated rings. The molecule has 2 rings (SSSR count). The van der Waals surface area contributed by atoms with Gasteiger partial charge in [-0.1, -0.05) is 12.1 Å². The molecule has 2 N–H and O–H groups in total. The Hall–Kier alpha value is -0.970. The number of nitrogens with zero attached hydrogens (tertiary/aromatic N) is 2. The summed E-state index contributed by atoms with van der Waals surface area (Å²) in [5.74, 6) is -0.148. The first-order valence-corrected chi connectivity index (χ1v) is 7.73. The molecule has 118 valence electrons. The average Bonchev–Trinajstić information content (AvgIpc) is 2.38. The Bertz CT molecular complexity index is 483. The van der Waals surface area contributed by atoms with Crippen molar-refractivity contribution in [2.75, 3.05) is 34.2 Å². The predicted octanol–water partition coefficient (Wildman–Crippen LogP) is 2.55. The fraction of sp³-hybridized carbons (Fsp3) is 0.647. The lowest BCUT2D eigenvalue weighted by Gasteiger charge is -2.50. The lowest BCUT2D eigenvalue weighted by Crippen LogP contribution is -2.57. The number of hydrogen-bond acceptors (Lipinski definition) is 3. The maximum Gasteiger partial charge on any atom is 0.126 e. The standard InChI is InChI=1S/C17H28FN3/c1-13-6-7-14(10-15(13)18)16(11-19)21(4)12-17(20(2)3)8-5-9-17/h6-7,10,16H,5,8-9,11-12,19H2,1-4H3. The summed E-state index contributed by atoms with van der Waals surface area (Å²) in [6.07, 6.45) is 3.74. The Kier molecular flexibility index (Phi) is 5.02. The number of benzene rings is 1. The Balaban J connectivity index is 2.14. The third kappa shape index (κ3) is 3.28. The summed E-state index contributed by atoms with van der Waals surface area (Å²) in [7, 11) is 6.39. The van der Waals surface area contributed by atoms with Gasteiger partial charge < -0.3 is 10.6 Å². The van der Waals surface area contributed by atoms with Gasteiger partial charge in [-0.25, -0.2) is 4.39 Å². The first-order chi connectivity index (χ1) is 9.89. The maximum atomic E-state index is 13.8. The molecule has 0 bridgehead atoms. The lowest BCUT2D eigenvalue weighted by molar-refractivity contribution is 0.0167. The minimum absolute atomic E-state index is 0.0672. The van der Waals surface area contributed by atoms with Crippen LogP contribution in [0.4, 0.5) is 4.39 Å². The maximum absolute atomic E-state index is 13.8. The van der Waals surface area contributed by atoms with Crippen molar-refractivity contribution in [3.8, 4) is 0 Å². The zero-order chi connectivity index (χ0) is 15.6. The molecule has 0 spiro atoms.